The fourth-order valence-electron chi connectivity index (χ4n) is 3.39. The zero-order valence-corrected chi connectivity index (χ0v) is 16.7. The van der Waals surface area contributed by atoms with Crippen LogP contribution < -0.4 is 0 Å². The van der Waals surface area contributed by atoms with Gasteiger partial charge in [0, 0.05) is 23.1 Å². The van der Waals surface area contributed by atoms with Crippen molar-refractivity contribution in [2.45, 2.75) is 41.9 Å². The summed E-state index contributed by atoms with van der Waals surface area (Å²) in [7, 11) is 0. The summed E-state index contributed by atoms with van der Waals surface area (Å²) < 4.78 is 37.6. The Balaban J connectivity index is 1.99. The van der Waals surface area contributed by atoms with Crippen molar-refractivity contribution in [2.75, 3.05) is 0 Å². The van der Waals surface area contributed by atoms with Gasteiger partial charge < -0.3 is 10.0 Å². The molecule has 3 rings (SSSR count). The summed E-state index contributed by atoms with van der Waals surface area (Å²) in [5.74, 6) is -2.02. The van der Waals surface area contributed by atoms with Crippen molar-refractivity contribution >= 4 is 52.4 Å². The number of allylic oxidation sites excluding steroid dienone is 2. The molecule has 150 valence electrons. The Morgan fingerprint density at radius 1 is 1.43 bits per heavy atom. The van der Waals surface area contributed by atoms with Gasteiger partial charge in [-0.3, -0.25) is 14.4 Å². The smallest absolute Gasteiger partial charge is 0.447 e. The second-order valence-electron chi connectivity index (χ2n) is 6.22. The number of halogens is 4. The maximum atomic E-state index is 13.0. The summed E-state index contributed by atoms with van der Waals surface area (Å²) in [5.41, 5.74) is -3.43. The Kier molecular flexibility index (Phi) is 5.66. The normalized spacial score (nSPS) is 20.1. The fourth-order valence-corrected chi connectivity index (χ4v) is 5.36. The first-order valence-electron chi connectivity index (χ1n) is 8.02. The monoisotopic (exact) mass is 451 g/mol. The van der Waals surface area contributed by atoms with Crippen molar-refractivity contribution in [3.05, 3.63) is 38.9 Å². The van der Waals surface area contributed by atoms with Gasteiger partial charge in [0.15, 0.2) is 5.78 Å². The van der Waals surface area contributed by atoms with Crippen LogP contribution in [0.25, 0.3) is 0 Å². The molecule has 1 amide bonds. The molecule has 0 spiro atoms. The lowest BCUT2D eigenvalue weighted by Crippen LogP contribution is -2.38. The van der Waals surface area contributed by atoms with Crippen molar-refractivity contribution in [3.8, 4) is 0 Å². The number of hydrogen-bond acceptors (Lipinski definition) is 5. The van der Waals surface area contributed by atoms with Crippen LogP contribution in [0.5, 0.6) is 0 Å². The molecule has 1 aliphatic heterocycles. The SMILES string of the molecule is CC1=C(CC(=O)O)C2=C(Cl)C(=O)CCC2N1C(=O)c1csc(SC(F)(F)F)c1. The van der Waals surface area contributed by atoms with Gasteiger partial charge in [-0.05, 0) is 36.7 Å². The molecule has 1 aromatic rings. The fraction of sp³-hybridized carbons (Fsp3) is 0.353. The maximum absolute atomic E-state index is 13.0. The molecule has 0 saturated heterocycles. The number of thiophene rings is 1. The van der Waals surface area contributed by atoms with Crippen molar-refractivity contribution in [1.29, 1.82) is 0 Å². The number of carboxylic acids is 1. The minimum absolute atomic E-state index is 0.0695. The standard InChI is InChI=1S/C17H13ClF3NO4S2/c1-7-9(5-12(24)25)14-10(2-3-11(23)15(14)18)22(7)16(26)8-4-13(27-6-8)28-17(19,20)21/h4,6,10H,2-3,5H2,1H3,(H,24,25). The van der Waals surface area contributed by atoms with Crippen molar-refractivity contribution in [2.24, 2.45) is 0 Å². The Hall–Kier alpha value is -1.78. The van der Waals surface area contributed by atoms with E-state index in [0.29, 0.717) is 16.8 Å². The van der Waals surface area contributed by atoms with E-state index in [-0.39, 0.29) is 45.2 Å². The van der Waals surface area contributed by atoms with E-state index in [4.69, 9.17) is 11.6 Å². The van der Waals surface area contributed by atoms with Gasteiger partial charge in [-0.2, -0.15) is 13.2 Å². The second kappa shape index (κ2) is 7.57. The van der Waals surface area contributed by atoms with Crippen LogP contribution in [0.3, 0.4) is 0 Å². The Morgan fingerprint density at radius 2 is 2.11 bits per heavy atom. The quantitative estimate of drug-likeness (QED) is 0.666. The third-order valence-corrected chi connectivity index (χ3v) is 6.71. The minimum Gasteiger partial charge on any atom is -0.481 e. The van der Waals surface area contributed by atoms with Crippen molar-refractivity contribution in [3.63, 3.8) is 0 Å². The van der Waals surface area contributed by atoms with Gasteiger partial charge in [0.25, 0.3) is 5.91 Å². The molecule has 11 heteroatoms. The van der Waals surface area contributed by atoms with E-state index in [0.717, 1.165) is 17.4 Å². The summed E-state index contributed by atoms with van der Waals surface area (Å²) in [6.07, 6.45) is -0.0438. The number of thioether (sulfide) groups is 1. The van der Waals surface area contributed by atoms with Gasteiger partial charge in [-0.15, -0.1) is 11.3 Å². The van der Waals surface area contributed by atoms with E-state index in [1.807, 2.05) is 0 Å². The maximum Gasteiger partial charge on any atom is 0.447 e. The lowest BCUT2D eigenvalue weighted by atomic mass is 9.89. The molecule has 1 atom stereocenters. The summed E-state index contributed by atoms with van der Waals surface area (Å²) in [6.45, 7) is 1.55. The number of carbonyl (C=O) groups excluding carboxylic acids is 2. The van der Waals surface area contributed by atoms with E-state index in [1.54, 1.807) is 6.92 Å². The first-order chi connectivity index (χ1) is 13.0. The highest BCUT2D eigenvalue weighted by Crippen LogP contribution is 2.45. The molecule has 0 radical (unpaired) electrons. The summed E-state index contributed by atoms with van der Waals surface area (Å²) >= 11 is 6.64. The van der Waals surface area contributed by atoms with Gasteiger partial charge in [-0.1, -0.05) is 11.6 Å². The van der Waals surface area contributed by atoms with Crippen LogP contribution in [-0.4, -0.2) is 39.2 Å². The highest BCUT2D eigenvalue weighted by Gasteiger charge is 2.43. The number of alkyl halides is 3. The lowest BCUT2D eigenvalue weighted by Gasteiger charge is -2.29. The zero-order chi connectivity index (χ0) is 20.8. The van der Waals surface area contributed by atoms with E-state index < -0.39 is 29.8 Å². The number of nitrogens with zero attached hydrogens (tertiary/aromatic N) is 1. The van der Waals surface area contributed by atoms with Gasteiger partial charge >= 0.3 is 11.5 Å². The Bertz CT molecular complexity index is 935. The number of carbonyl (C=O) groups is 3. The molecule has 2 aliphatic rings. The van der Waals surface area contributed by atoms with Crippen LogP contribution in [0.1, 0.15) is 36.5 Å². The number of rotatable bonds is 4. The molecule has 0 aromatic carbocycles. The third kappa shape index (κ3) is 3.99. The predicted molar refractivity (Wildman–Crippen MR) is 98.3 cm³/mol. The molecule has 28 heavy (non-hydrogen) atoms. The second-order valence-corrected chi connectivity index (χ2v) is 8.87. The summed E-state index contributed by atoms with van der Waals surface area (Å²) in [6, 6.07) is 0.553. The third-order valence-electron chi connectivity index (χ3n) is 4.48. The molecule has 1 aromatic heterocycles. The minimum atomic E-state index is -4.46. The first-order valence-corrected chi connectivity index (χ1v) is 10.1. The number of Topliss-reactive ketones (excluding diaryl/α,β-unsaturated/α-hetero) is 1. The number of hydrogen-bond donors (Lipinski definition) is 1. The van der Waals surface area contributed by atoms with Gasteiger partial charge in [0.1, 0.15) is 0 Å². The number of ketones is 1. The first kappa shape index (κ1) is 20.9. The molecule has 1 N–H and O–H groups in total. The van der Waals surface area contributed by atoms with Gasteiger partial charge in [0.2, 0.25) is 0 Å². The van der Waals surface area contributed by atoms with Crippen LogP contribution in [0, 0.1) is 0 Å². The summed E-state index contributed by atoms with van der Waals surface area (Å²) in [5, 5.41) is 10.4. The number of carboxylic acid groups (broad SMARTS) is 1. The molecule has 1 aliphatic carbocycles. The van der Waals surface area contributed by atoms with Crippen LogP contribution in [0.4, 0.5) is 13.2 Å². The van der Waals surface area contributed by atoms with Crippen molar-refractivity contribution in [1.82, 2.24) is 4.90 Å². The average Bonchev–Trinajstić information content (AvgIpc) is 3.12. The van der Waals surface area contributed by atoms with E-state index in [2.05, 4.69) is 0 Å². The largest absolute Gasteiger partial charge is 0.481 e. The molecule has 5 nitrogen and oxygen atoms in total. The molecule has 1 unspecified atom stereocenters. The van der Waals surface area contributed by atoms with Crippen LogP contribution >= 0.6 is 34.7 Å². The van der Waals surface area contributed by atoms with E-state index in [9.17, 15) is 32.7 Å². The molecule has 0 bridgehead atoms. The number of amides is 1. The summed E-state index contributed by atoms with van der Waals surface area (Å²) in [4.78, 5) is 37.6. The van der Waals surface area contributed by atoms with E-state index in [1.165, 1.54) is 10.3 Å². The zero-order valence-electron chi connectivity index (χ0n) is 14.3. The van der Waals surface area contributed by atoms with Crippen LogP contribution in [0.15, 0.2) is 37.5 Å². The van der Waals surface area contributed by atoms with Crippen LogP contribution in [0.2, 0.25) is 0 Å². The molecule has 0 saturated carbocycles. The van der Waals surface area contributed by atoms with Crippen LogP contribution in [-0.2, 0) is 9.59 Å². The van der Waals surface area contributed by atoms with Gasteiger partial charge in [0.05, 0.1) is 27.3 Å². The highest BCUT2D eigenvalue weighted by molar-refractivity contribution is 8.01. The number of aliphatic carboxylic acids is 1. The Morgan fingerprint density at radius 3 is 2.71 bits per heavy atom. The van der Waals surface area contributed by atoms with Crippen molar-refractivity contribution < 1.29 is 32.7 Å². The van der Waals surface area contributed by atoms with E-state index >= 15 is 0 Å². The highest BCUT2D eigenvalue weighted by atomic mass is 35.5. The Labute approximate surface area is 170 Å². The van der Waals surface area contributed by atoms with Gasteiger partial charge in [-0.25, -0.2) is 0 Å². The molecule has 2 heterocycles. The number of fused-ring (bicyclic) bond motifs is 1. The molecular formula is C17H13ClF3NO4S2. The molecular weight excluding hydrogens is 439 g/mol. The molecule has 0 fully saturated rings. The average molecular weight is 452 g/mol. The lowest BCUT2D eigenvalue weighted by molar-refractivity contribution is -0.136. The topological polar surface area (TPSA) is 74.7 Å². The predicted octanol–water partition coefficient (Wildman–Crippen LogP) is 4.79.